The summed E-state index contributed by atoms with van der Waals surface area (Å²) in [6.45, 7) is 0. The van der Waals surface area contributed by atoms with Crippen molar-refractivity contribution < 1.29 is 9.90 Å². The number of hydrogen-bond acceptors (Lipinski definition) is 2. The summed E-state index contributed by atoms with van der Waals surface area (Å²) >= 11 is 3.53. The van der Waals surface area contributed by atoms with Gasteiger partial charge in [0.15, 0.2) is 0 Å². The second kappa shape index (κ2) is 6.06. The van der Waals surface area contributed by atoms with E-state index in [4.69, 9.17) is 4.98 Å². The van der Waals surface area contributed by atoms with Crippen molar-refractivity contribution in [1.29, 1.82) is 0 Å². The van der Waals surface area contributed by atoms with Crippen molar-refractivity contribution in [3.8, 4) is 11.4 Å². The van der Waals surface area contributed by atoms with E-state index in [1.54, 1.807) is 12.1 Å². The number of imidazole rings is 1. The molecular formula is C19H17BrN2O2. The smallest absolute Gasteiger partial charge is 0.335 e. The van der Waals surface area contributed by atoms with Crippen LogP contribution in [-0.2, 0) is 0 Å². The third-order valence-electron chi connectivity index (χ3n) is 4.71. The molecule has 4 rings (SSSR count). The zero-order chi connectivity index (χ0) is 16.7. The molecule has 122 valence electrons. The second-order valence-electron chi connectivity index (χ2n) is 6.26. The molecule has 1 fully saturated rings. The fraction of sp³-hybridized carbons (Fsp3) is 0.263. The molecule has 3 aromatic rings. The average Bonchev–Trinajstić information content (AvgIpc) is 3.21. The van der Waals surface area contributed by atoms with Crippen molar-refractivity contribution in [2.75, 3.05) is 0 Å². The molecule has 1 aliphatic rings. The Hall–Kier alpha value is -2.14. The molecule has 0 saturated heterocycles. The molecule has 0 unspecified atom stereocenters. The first-order chi connectivity index (χ1) is 11.6. The van der Waals surface area contributed by atoms with Crippen LogP contribution in [0.15, 0.2) is 46.9 Å². The Morgan fingerprint density at radius 2 is 1.96 bits per heavy atom. The van der Waals surface area contributed by atoms with Crippen LogP contribution in [-0.4, -0.2) is 20.6 Å². The van der Waals surface area contributed by atoms with E-state index in [1.165, 1.54) is 12.8 Å². The van der Waals surface area contributed by atoms with Gasteiger partial charge in [-0.15, -0.1) is 0 Å². The summed E-state index contributed by atoms with van der Waals surface area (Å²) < 4.78 is 3.31. The lowest BCUT2D eigenvalue weighted by molar-refractivity contribution is 0.0697. The SMILES string of the molecule is O=C(O)c1ccc2c(c1)nc(-c1cccc(Br)c1)n2C1CCCC1. The quantitative estimate of drug-likeness (QED) is 0.668. The Bertz CT molecular complexity index is 926. The molecule has 2 aromatic carbocycles. The number of carboxylic acids is 1. The lowest BCUT2D eigenvalue weighted by atomic mass is 10.1. The normalized spacial score (nSPS) is 15.2. The molecule has 1 saturated carbocycles. The number of benzene rings is 2. The summed E-state index contributed by atoms with van der Waals surface area (Å²) in [7, 11) is 0. The van der Waals surface area contributed by atoms with Gasteiger partial charge in [-0.25, -0.2) is 9.78 Å². The fourth-order valence-corrected chi connectivity index (χ4v) is 3.99. The van der Waals surface area contributed by atoms with Crippen LogP contribution >= 0.6 is 15.9 Å². The van der Waals surface area contributed by atoms with E-state index in [2.05, 4.69) is 32.6 Å². The third kappa shape index (κ3) is 2.63. The zero-order valence-corrected chi connectivity index (χ0v) is 14.7. The Balaban J connectivity index is 1.96. The first-order valence-corrected chi connectivity index (χ1v) is 8.94. The minimum atomic E-state index is -0.920. The van der Waals surface area contributed by atoms with Gasteiger partial charge in [-0.2, -0.15) is 0 Å². The molecule has 0 atom stereocenters. The summed E-state index contributed by atoms with van der Waals surface area (Å²) in [5.41, 5.74) is 3.09. The first kappa shape index (κ1) is 15.4. The number of rotatable bonds is 3. The Morgan fingerprint density at radius 1 is 1.17 bits per heavy atom. The summed E-state index contributed by atoms with van der Waals surface area (Å²) in [5, 5.41) is 9.24. The first-order valence-electron chi connectivity index (χ1n) is 8.15. The van der Waals surface area contributed by atoms with Crippen molar-refractivity contribution >= 4 is 32.9 Å². The number of aromatic nitrogens is 2. The van der Waals surface area contributed by atoms with Gasteiger partial charge in [0.05, 0.1) is 16.6 Å². The molecule has 1 aromatic heterocycles. The monoisotopic (exact) mass is 384 g/mol. The Kier molecular flexibility index (Phi) is 3.88. The maximum absolute atomic E-state index is 11.3. The molecule has 0 spiro atoms. The van der Waals surface area contributed by atoms with Crippen LogP contribution in [0.4, 0.5) is 0 Å². The number of aromatic carboxylic acids is 1. The minimum Gasteiger partial charge on any atom is -0.478 e. The van der Waals surface area contributed by atoms with Crippen LogP contribution in [0.2, 0.25) is 0 Å². The lowest BCUT2D eigenvalue weighted by Gasteiger charge is -2.16. The predicted octanol–water partition coefficient (Wildman–Crippen LogP) is 5.28. The molecule has 0 amide bonds. The number of carboxylic acid groups (broad SMARTS) is 1. The number of fused-ring (bicyclic) bond motifs is 1. The van der Waals surface area contributed by atoms with Crippen LogP contribution in [0.3, 0.4) is 0 Å². The van der Waals surface area contributed by atoms with Crippen molar-refractivity contribution in [2.24, 2.45) is 0 Å². The van der Waals surface area contributed by atoms with Crippen molar-refractivity contribution in [3.63, 3.8) is 0 Å². The lowest BCUT2D eigenvalue weighted by Crippen LogP contribution is -2.06. The predicted molar refractivity (Wildman–Crippen MR) is 97.3 cm³/mol. The van der Waals surface area contributed by atoms with Crippen LogP contribution in [0, 0.1) is 0 Å². The van der Waals surface area contributed by atoms with E-state index >= 15 is 0 Å². The molecule has 1 aliphatic carbocycles. The van der Waals surface area contributed by atoms with Gasteiger partial charge in [-0.05, 0) is 43.2 Å². The van der Waals surface area contributed by atoms with E-state index in [0.29, 0.717) is 6.04 Å². The molecule has 0 radical (unpaired) electrons. The van der Waals surface area contributed by atoms with Crippen LogP contribution in [0.25, 0.3) is 22.4 Å². The summed E-state index contributed by atoms with van der Waals surface area (Å²) in [4.78, 5) is 16.1. The highest BCUT2D eigenvalue weighted by atomic mass is 79.9. The molecular weight excluding hydrogens is 368 g/mol. The largest absolute Gasteiger partial charge is 0.478 e. The van der Waals surface area contributed by atoms with Gasteiger partial charge in [-0.3, -0.25) is 0 Å². The summed E-state index contributed by atoms with van der Waals surface area (Å²) in [6.07, 6.45) is 4.76. The topological polar surface area (TPSA) is 55.1 Å². The highest BCUT2D eigenvalue weighted by Crippen LogP contribution is 2.37. The average molecular weight is 385 g/mol. The maximum Gasteiger partial charge on any atom is 0.335 e. The molecule has 0 aliphatic heterocycles. The highest BCUT2D eigenvalue weighted by Gasteiger charge is 2.24. The van der Waals surface area contributed by atoms with E-state index in [1.807, 2.05) is 18.2 Å². The number of halogens is 1. The van der Waals surface area contributed by atoms with Crippen LogP contribution in [0.5, 0.6) is 0 Å². The van der Waals surface area contributed by atoms with Gasteiger partial charge in [0, 0.05) is 16.1 Å². The van der Waals surface area contributed by atoms with Crippen molar-refractivity contribution in [2.45, 2.75) is 31.7 Å². The molecule has 1 N–H and O–H groups in total. The molecule has 1 heterocycles. The maximum atomic E-state index is 11.3. The van der Waals surface area contributed by atoms with Crippen molar-refractivity contribution in [1.82, 2.24) is 9.55 Å². The van der Waals surface area contributed by atoms with Gasteiger partial charge >= 0.3 is 5.97 Å². The van der Waals surface area contributed by atoms with Crippen molar-refractivity contribution in [3.05, 3.63) is 52.5 Å². The van der Waals surface area contributed by atoms with E-state index in [-0.39, 0.29) is 5.56 Å². The molecule has 24 heavy (non-hydrogen) atoms. The number of carbonyl (C=O) groups is 1. The molecule has 4 nitrogen and oxygen atoms in total. The third-order valence-corrected chi connectivity index (χ3v) is 5.20. The van der Waals surface area contributed by atoms with E-state index < -0.39 is 5.97 Å². The van der Waals surface area contributed by atoms with Gasteiger partial charge in [0.25, 0.3) is 0 Å². The second-order valence-corrected chi connectivity index (χ2v) is 7.18. The van der Waals surface area contributed by atoms with E-state index in [0.717, 1.165) is 39.7 Å². The highest BCUT2D eigenvalue weighted by molar-refractivity contribution is 9.10. The zero-order valence-electron chi connectivity index (χ0n) is 13.1. The fourth-order valence-electron chi connectivity index (χ4n) is 3.60. The van der Waals surface area contributed by atoms with Gasteiger partial charge < -0.3 is 9.67 Å². The van der Waals surface area contributed by atoms with Gasteiger partial charge in [0.1, 0.15) is 5.82 Å². The van der Waals surface area contributed by atoms with Crippen LogP contribution in [0.1, 0.15) is 42.1 Å². The van der Waals surface area contributed by atoms with Gasteiger partial charge in [-0.1, -0.05) is 40.9 Å². The van der Waals surface area contributed by atoms with Crippen LogP contribution < -0.4 is 0 Å². The number of hydrogen-bond donors (Lipinski definition) is 1. The van der Waals surface area contributed by atoms with Gasteiger partial charge in [0.2, 0.25) is 0 Å². The Morgan fingerprint density at radius 3 is 2.67 bits per heavy atom. The Labute approximate surface area is 148 Å². The molecule has 0 bridgehead atoms. The van der Waals surface area contributed by atoms with E-state index in [9.17, 15) is 9.90 Å². The number of nitrogens with zero attached hydrogens (tertiary/aromatic N) is 2. The summed E-state index contributed by atoms with van der Waals surface area (Å²) in [6, 6.07) is 13.8. The summed E-state index contributed by atoms with van der Waals surface area (Å²) in [5.74, 6) is -0.00272. The standard InChI is InChI=1S/C19H17BrN2O2/c20-14-5-3-4-12(10-14)18-21-16-11-13(19(23)24)8-9-17(16)22(18)15-6-1-2-7-15/h3-5,8-11,15H,1-2,6-7H2,(H,23,24). The molecule has 5 heteroatoms. The minimum absolute atomic E-state index is 0.277.